The predicted molar refractivity (Wildman–Crippen MR) is 81.8 cm³/mol. The summed E-state index contributed by atoms with van der Waals surface area (Å²) in [5.74, 6) is 5.47. The second-order valence-electron chi connectivity index (χ2n) is 4.56. The van der Waals surface area contributed by atoms with E-state index in [9.17, 15) is 4.79 Å². The molecule has 1 heterocycles. The van der Waals surface area contributed by atoms with Crippen molar-refractivity contribution in [3.8, 4) is 0 Å². The number of nitrogens with one attached hydrogen (secondary N) is 2. The molecular weight excluding hydrogens is 268 g/mol. The third kappa shape index (κ3) is 4.27. The van der Waals surface area contributed by atoms with Crippen LogP contribution in [0.4, 0.5) is 11.5 Å². The minimum absolute atomic E-state index is 0.155. The first kappa shape index (κ1) is 15.0. The van der Waals surface area contributed by atoms with E-state index in [2.05, 4.69) is 15.7 Å². The number of nitrogens with zero attached hydrogens (tertiary/aromatic N) is 1. The molecule has 0 unspecified atom stereocenters. The standard InChI is InChI=1S/C15H18N4O2/c16-19-14-10-12(6-7-17-14)15(21)18-13-5-1-3-11(9-13)4-2-8-20/h1,3,5-7,9-10,20H,2,4,8,16H2,(H,17,19)(H,18,21). The van der Waals surface area contributed by atoms with Crippen molar-refractivity contribution in [2.45, 2.75) is 12.8 Å². The van der Waals surface area contributed by atoms with Gasteiger partial charge in [-0.1, -0.05) is 12.1 Å². The Morgan fingerprint density at radius 3 is 2.90 bits per heavy atom. The van der Waals surface area contributed by atoms with Crippen molar-refractivity contribution in [3.63, 3.8) is 0 Å². The lowest BCUT2D eigenvalue weighted by molar-refractivity contribution is 0.102. The Balaban J connectivity index is 2.08. The maximum Gasteiger partial charge on any atom is 0.255 e. The Kier molecular flexibility index (Phi) is 5.25. The Morgan fingerprint density at radius 2 is 2.14 bits per heavy atom. The van der Waals surface area contributed by atoms with Crippen LogP contribution in [0, 0.1) is 0 Å². The van der Waals surface area contributed by atoms with Gasteiger partial charge in [0.05, 0.1) is 0 Å². The molecule has 110 valence electrons. The molecule has 6 heteroatoms. The molecule has 2 rings (SSSR count). The number of carbonyl (C=O) groups excluding carboxylic acids is 1. The van der Waals surface area contributed by atoms with E-state index in [0.29, 0.717) is 17.8 Å². The number of rotatable bonds is 6. The molecule has 0 bridgehead atoms. The van der Waals surface area contributed by atoms with Crippen LogP contribution in [-0.4, -0.2) is 22.6 Å². The summed E-state index contributed by atoms with van der Waals surface area (Å²) in [6.07, 6.45) is 2.99. The third-order valence-corrected chi connectivity index (χ3v) is 2.98. The van der Waals surface area contributed by atoms with E-state index in [1.165, 1.54) is 6.20 Å². The van der Waals surface area contributed by atoms with Gasteiger partial charge >= 0.3 is 0 Å². The van der Waals surface area contributed by atoms with Gasteiger partial charge in [0.2, 0.25) is 0 Å². The number of hydrogen-bond acceptors (Lipinski definition) is 5. The lowest BCUT2D eigenvalue weighted by Crippen LogP contribution is -2.14. The molecule has 0 aliphatic heterocycles. The molecule has 0 spiro atoms. The highest BCUT2D eigenvalue weighted by atomic mass is 16.2. The van der Waals surface area contributed by atoms with Gasteiger partial charge < -0.3 is 15.8 Å². The monoisotopic (exact) mass is 286 g/mol. The molecule has 0 aliphatic carbocycles. The van der Waals surface area contributed by atoms with Crippen LogP contribution in [0.3, 0.4) is 0 Å². The quantitative estimate of drug-likeness (QED) is 0.477. The van der Waals surface area contributed by atoms with Crippen molar-refractivity contribution in [3.05, 3.63) is 53.7 Å². The summed E-state index contributed by atoms with van der Waals surface area (Å²) in [6.45, 7) is 0.155. The number of aliphatic hydroxyl groups is 1. The molecule has 6 nitrogen and oxygen atoms in total. The number of hydrogen-bond donors (Lipinski definition) is 4. The number of hydrazine groups is 1. The van der Waals surface area contributed by atoms with Crippen molar-refractivity contribution in [1.29, 1.82) is 0 Å². The summed E-state index contributed by atoms with van der Waals surface area (Å²) in [7, 11) is 0. The van der Waals surface area contributed by atoms with Gasteiger partial charge in [-0.05, 0) is 42.7 Å². The third-order valence-electron chi connectivity index (χ3n) is 2.98. The van der Waals surface area contributed by atoms with E-state index in [4.69, 9.17) is 10.9 Å². The molecule has 0 fully saturated rings. The smallest absolute Gasteiger partial charge is 0.255 e. The normalized spacial score (nSPS) is 10.2. The Labute approximate surface area is 123 Å². The summed E-state index contributed by atoms with van der Waals surface area (Å²) in [6, 6.07) is 10.8. The van der Waals surface area contributed by atoms with Crippen LogP contribution < -0.4 is 16.6 Å². The van der Waals surface area contributed by atoms with Gasteiger partial charge in [0.25, 0.3) is 5.91 Å². The molecule has 21 heavy (non-hydrogen) atoms. The summed E-state index contributed by atoms with van der Waals surface area (Å²) >= 11 is 0. The lowest BCUT2D eigenvalue weighted by atomic mass is 10.1. The first-order chi connectivity index (χ1) is 10.2. The van der Waals surface area contributed by atoms with Crippen molar-refractivity contribution in [2.24, 2.45) is 5.84 Å². The van der Waals surface area contributed by atoms with Crippen LogP contribution in [0.2, 0.25) is 0 Å². The first-order valence-corrected chi connectivity index (χ1v) is 6.67. The van der Waals surface area contributed by atoms with Crippen LogP contribution in [0.1, 0.15) is 22.3 Å². The number of aromatic nitrogens is 1. The molecule has 0 radical (unpaired) electrons. The number of pyridine rings is 1. The van der Waals surface area contributed by atoms with E-state index >= 15 is 0 Å². The Bertz CT molecular complexity index is 616. The summed E-state index contributed by atoms with van der Waals surface area (Å²) in [5.41, 5.74) is 4.66. The van der Waals surface area contributed by atoms with Crippen molar-refractivity contribution < 1.29 is 9.90 Å². The fourth-order valence-corrected chi connectivity index (χ4v) is 1.94. The molecule has 0 atom stereocenters. The van der Waals surface area contributed by atoms with Crippen LogP contribution in [-0.2, 0) is 6.42 Å². The fraction of sp³-hybridized carbons (Fsp3) is 0.200. The molecule has 1 aromatic heterocycles. The largest absolute Gasteiger partial charge is 0.396 e. The number of carbonyl (C=O) groups is 1. The maximum atomic E-state index is 12.2. The SMILES string of the molecule is NNc1cc(C(=O)Nc2cccc(CCCO)c2)ccn1. The topological polar surface area (TPSA) is 100 Å². The van der Waals surface area contributed by atoms with Gasteiger partial charge in [-0.3, -0.25) is 4.79 Å². The number of anilines is 2. The highest BCUT2D eigenvalue weighted by molar-refractivity contribution is 6.04. The molecule has 1 aromatic carbocycles. The minimum Gasteiger partial charge on any atom is -0.396 e. The summed E-state index contributed by atoms with van der Waals surface area (Å²) in [5, 5.41) is 11.7. The van der Waals surface area contributed by atoms with Crippen LogP contribution in [0.5, 0.6) is 0 Å². The van der Waals surface area contributed by atoms with Gasteiger partial charge in [0.15, 0.2) is 0 Å². The van der Waals surface area contributed by atoms with Crippen LogP contribution in [0.25, 0.3) is 0 Å². The van der Waals surface area contributed by atoms with E-state index in [-0.39, 0.29) is 12.5 Å². The first-order valence-electron chi connectivity index (χ1n) is 6.67. The fourth-order valence-electron chi connectivity index (χ4n) is 1.94. The Hall–Kier alpha value is -2.44. The van der Waals surface area contributed by atoms with Crippen molar-refractivity contribution >= 4 is 17.4 Å². The molecule has 0 aliphatic rings. The number of nitrogens with two attached hydrogens (primary N) is 1. The highest BCUT2D eigenvalue weighted by Crippen LogP contribution is 2.14. The second-order valence-corrected chi connectivity index (χ2v) is 4.56. The molecule has 5 N–H and O–H groups in total. The maximum absolute atomic E-state index is 12.2. The Morgan fingerprint density at radius 1 is 1.29 bits per heavy atom. The zero-order valence-corrected chi connectivity index (χ0v) is 11.5. The van der Waals surface area contributed by atoms with Gasteiger partial charge in [-0.15, -0.1) is 0 Å². The zero-order chi connectivity index (χ0) is 15.1. The lowest BCUT2D eigenvalue weighted by Gasteiger charge is -2.08. The van der Waals surface area contributed by atoms with Gasteiger partial charge in [0, 0.05) is 24.1 Å². The van der Waals surface area contributed by atoms with Crippen molar-refractivity contribution in [2.75, 3.05) is 17.3 Å². The van der Waals surface area contributed by atoms with E-state index in [1.807, 2.05) is 24.3 Å². The van der Waals surface area contributed by atoms with Crippen molar-refractivity contribution in [1.82, 2.24) is 4.98 Å². The van der Waals surface area contributed by atoms with Gasteiger partial charge in [0.1, 0.15) is 5.82 Å². The number of nitrogen functional groups attached to an aromatic ring is 1. The molecule has 0 saturated heterocycles. The molecule has 2 aromatic rings. The second kappa shape index (κ2) is 7.37. The summed E-state index contributed by atoms with van der Waals surface area (Å²) in [4.78, 5) is 16.1. The van der Waals surface area contributed by atoms with Gasteiger partial charge in [-0.2, -0.15) is 0 Å². The molecular formula is C15H18N4O2. The predicted octanol–water partition coefficient (Wildman–Crippen LogP) is 1.54. The van der Waals surface area contributed by atoms with E-state index in [1.54, 1.807) is 12.1 Å². The number of aryl methyl sites for hydroxylation is 1. The number of benzene rings is 1. The van der Waals surface area contributed by atoms with Crippen LogP contribution in [0.15, 0.2) is 42.6 Å². The van der Waals surface area contributed by atoms with E-state index < -0.39 is 0 Å². The zero-order valence-electron chi connectivity index (χ0n) is 11.5. The van der Waals surface area contributed by atoms with Crippen LogP contribution >= 0.6 is 0 Å². The molecule has 0 saturated carbocycles. The average molecular weight is 286 g/mol. The highest BCUT2D eigenvalue weighted by Gasteiger charge is 2.07. The van der Waals surface area contributed by atoms with Gasteiger partial charge in [-0.25, -0.2) is 10.8 Å². The average Bonchev–Trinajstić information content (AvgIpc) is 2.53. The summed E-state index contributed by atoms with van der Waals surface area (Å²) < 4.78 is 0. The minimum atomic E-state index is -0.229. The number of aliphatic hydroxyl groups excluding tert-OH is 1. The molecule has 1 amide bonds. The number of amides is 1. The van der Waals surface area contributed by atoms with E-state index in [0.717, 1.165) is 17.7 Å².